The Morgan fingerprint density at radius 3 is 2.42 bits per heavy atom. The molecule has 0 spiro atoms. The van der Waals surface area contributed by atoms with E-state index in [0.29, 0.717) is 10.8 Å². The molecule has 0 heterocycles. The number of anilines is 1. The zero-order valence-electron chi connectivity index (χ0n) is 15.3. The maximum Gasteiger partial charge on any atom is 0.573 e. The van der Waals surface area contributed by atoms with Crippen LogP contribution in [0.1, 0.15) is 10.4 Å². The molecule has 0 fully saturated rings. The van der Waals surface area contributed by atoms with Crippen LogP contribution in [0.25, 0.3) is 10.8 Å². The van der Waals surface area contributed by atoms with Gasteiger partial charge in [0.2, 0.25) is 0 Å². The number of alkyl halides is 3. The van der Waals surface area contributed by atoms with Crippen LogP contribution in [0.4, 0.5) is 18.9 Å². The normalized spacial score (nSPS) is 11.3. The van der Waals surface area contributed by atoms with Crippen molar-refractivity contribution in [1.82, 2.24) is 0 Å². The van der Waals surface area contributed by atoms with E-state index in [1.54, 1.807) is 0 Å². The van der Waals surface area contributed by atoms with Crippen LogP contribution in [0.5, 0.6) is 11.5 Å². The first-order valence-corrected chi connectivity index (χ1v) is 9.22. The van der Waals surface area contributed by atoms with Crippen molar-refractivity contribution < 1.29 is 37.3 Å². The van der Waals surface area contributed by atoms with Crippen molar-refractivity contribution in [3.05, 3.63) is 64.1 Å². The smallest absolute Gasteiger partial charge is 0.483 e. The van der Waals surface area contributed by atoms with Crippen LogP contribution < -0.4 is 14.8 Å². The maximum absolute atomic E-state index is 12.5. The van der Waals surface area contributed by atoms with Crippen LogP contribution in [0.15, 0.2) is 48.5 Å². The SMILES string of the molecule is O=C(COc1cc(C(=O)O)cc2cc(Cl)cc(Cl)c12)Nc1ccccc1OC(F)(F)F. The van der Waals surface area contributed by atoms with E-state index in [-0.39, 0.29) is 27.0 Å². The summed E-state index contributed by atoms with van der Waals surface area (Å²) in [4.78, 5) is 23.6. The largest absolute Gasteiger partial charge is 0.573 e. The molecule has 0 bridgehead atoms. The molecule has 1 amide bonds. The Hall–Kier alpha value is -3.17. The second-order valence-corrected chi connectivity index (χ2v) is 6.99. The van der Waals surface area contributed by atoms with E-state index < -0.39 is 30.6 Å². The van der Waals surface area contributed by atoms with Gasteiger partial charge >= 0.3 is 12.3 Å². The highest BCUT2D eigenvalue weighted by Gasteiger charge is 2.32. The first kappa shape index (κ1) is 22.5. The van der Waals surface area contributed by atoms with Crippen molar-refractivity contribution in [3.63, 3.8) is 0 Å². The zero-order valence-corrected chi connectivity index (χ0v) is 16.8. The number of para-hydroxylation sites is 2. The molecule has 11 heteroatoms. The van der Waals surface area contributed by atoms with Crippen LogP contribution in [0.3, 0.4) is 0 Å². The Morgan fingerprint density at radius 2 is 1.74 bits per heavy atom. The van der Waals surface area contributed by atoms with Crippen LogP contribution in [-0.2, 0) is 4.79 Å². The highest BCUT2D eigenvalue weighted by atomic mass is 35.5. The van der Waals surface area contributed by atoms with Gasteiger partial charge in [-0.1, -0.05) is 35.3 Å². The van der Waals surface area contributed by atoms with Crippen molar-refractivity contribution in [3.8, 4) is 11.5 Å². The molecule has 0 aromatic heterocycles. The number of fused-ring (bicyclic) bond motifs is 1. The lowest BCUT2D eigenvalue weighted by molar-refractivity contribution is -0.274. The molecule has 3 aromatic rings. The van der Waals surface area contributed by atoms with Crippen LogP contribution >= 0.6 is 23.2 Å². The third kappa shape index (κ3) is 5.71. The Labute approximate surface area is 183 Å². The second-order valence-electron chi connectivity index (χ2n) is 6.15. The van der Waals surface area contributed by atoms with Gasteiger partial charge in [-0.2, -0.15) is 0 Å². The Bertz CT molecular complexity index is 1170. The van der Waals surface area contributed by atoms with Gasteiger partial charge < -0.3 is 19.9 Å². The molecule has 3 rings (SSSR count). The number of halogens is 5. The molecular weight excluding hydrogens is 462 g/mol. The van der Waals surface area contributed by atoms with Gasteiger partial charge in [0, 0.05) is 10.4 Å². The van der Waals surface area contributed by atoms with Crippen molar-refractivity contribution in [2.45, 2.75) is 6.36 Å². The van der Waals surface area contributed by atoms with Crippen LogP contribution in [0, 0.1) is 0 Å². The van der Waals surface area contributed by atoms with E-state index in [4.69, 9.17) is 27.9 Å². The number of amides is 1. The number of carboxylic acid groups (broad SMARTS) is 1. The minimum absolute atomic E-state index is 0.00783. The summed E-state index contributed by atoms with van der Waals surface area (Å²) < 4.78 is 46.9. The van der Waals surface area contributed by atoms with Gasteiger partial charge in [0.25, 0.3) is 5.91 Å². The quantitative estimate of drug-likeness (QED) is 0.475. The lowest BCUT2D eigenvalue weighted by Gasteiger charge is -2.15. The summed E-state index contributed by atoms with van der Waals surface area (Å²) in [5, 5.41) is 12.7. The minimum Gasteiger partial charge on any atom is -0.483 e. The van der Waals surface area contributed by atoms with Gasteiger partial charge in [-0.15, -0.1) is 13.2 Å². The molecule has 2 N–H and O–H groups in total. The number of nitrogens with one attached hydrogen (secondary N) is 1. The van der Waals surface area contributed by atoms with E-state index in [0.717, 1.165) is 6.07 Å². The van der Waals surface area contributed by atoms with Crippen molar-refractivity contribution in [2.75, 3.05) is 11.9 Å². The monoisotopic (exact) mass is 473 g/mol. The number of hydrogen-bond donors (Lipinski definition) is 2. The molecule has 0 aliphatic carbocycles. The number of aromatic carboxylic acids is 1. The molecule has 0 unspecified atom stereocenters. The summed E-state index contributed by atoms with van der Waals surface area (Å²) in [6.07, 6.45) is -4.94. The third-order valence-corrected chi connectivity index (χ3v) is 4.44. The van der Waals surface area contributed by atoms with Gasteiger partial charge in [0.15, 0.2) is 12.4 Å². The first-order chi connectivity index (χ1) is 14.5. The van der Waals surface area contributed by atoms with E-state index >= 15 is 0 Å². The van der Waals surface area contributed by atoms with Crippen molar-refractivity contribution in [2.24, 2.45) is 0 Å². The molecule has 0 aliphatic rings. The highest BCUT2D eigenvalue weighted by Crippen LogP contribution is 2.36. The number of carboxylic acids is 1. The summed E-state index contributed by atoms with van der Waals surface area (Å²) in [6, 6.07) is 10.4. The Kier molecular flexibility index (Phi) is 6.47. The van der Waals surface area contributed by atoms with Crippen LogP contribution in [0.2, 0.25) is 10.0 Å². The number of benzene rings is 3. The molecular formula is C20H12Cl2F3NO5. The summed E-state index contributed by atoms with van der Waals surface area (Å²) in [7, 11) is 0. The zero-order chi connectivity index (χ0) is 22.8. The average Bonchev–Trinajstić information content (AvgIpc) is 2.65. The van der Waals surface area contributed by atoms with Gasteiger partial charge in [0.05, 0.1) is 16.3 Å². The Balaban J connectivity index is 1.83. The summed E-state index contributed by atoms with van der Waals surface area (Å²) in [5.41, 5.74) is -0.354. The van der Waals surface area contributed by atoms with E-state index in [9.17, 15) is 27.9 Å². The van der Waals surface area contributed by atoms with Crippen molar-refractivity contribution in [1.29, 1.82) is 0 Å². The van der Waals surface area contributed by atoms with Gasteiger partial charge in [-0.05, 0) is 41.8 Å². The third-order valence-electron chi connectivity index (χ3n) is 3.92. The number of carbonyl (C=O) groups is 2. The minimum atomic E-state index is -4.94. The number of hydrogen-bond acceptors (Lipinski definition) is 4. The lowest BCUT2D eigenvalue weighted by atomic mass is 10.1. The molecule has 0 aliphatic heterocycles. The van der Waals surface area contributed by atoms with Gasteiger partial charge in [-0.3, -0.25) is 4.79 Å². The fourth-order valence-corrected chi connectivity index (χ4v) is 3.34. The Morgan fingerprint density at radius 1 is 1.03 bits per heavy atom. The van der Waals surface area contributed by atoms with E-state index in [1.807, 2.05) is 0 Å². The molecule has 31 heavy (non-hydrogen) atoms. The van der Waals surface area contributed by atoms with Crippen LogP contribution in [-0.4, -0.2) is 30.0 Å². The maximum atomic E-state index is 12.5. The fraction of sp³-hybridized carbons (Fsp3) is 0.100. The van der Waals surface area contributed by atoms with Gasteiger partial charge in [-0.25, -0.2) is 4.79 Å². The standard InChI is InChI=1S/C20H12Cl2F3NO5/c21-12-6-10-5-11(19(28)29)7-16(18(10)13(22)8-12)30-9-17(27)26-14-3-1-2-4-15(14)31-20(23,24)25/h1-8H,9H2,(H,26,27)(H,28,29). The van der Waals surface area contributed by atoms with Gasteiger partial charge in [0.1, 0.15) is 5.75 Å². The molecule has 162 valence electrons. The summed E-state index contributed by atoms with van der Waals surface area (Å²) in [5.74, 6) is -2.66. The first-order valence-electron chi connectivity index (χ1n) is 8.47. The number of ether oxygens (including phenoxy) is 2. The predicted octanol–water partition coefficient (Wildman–Crippen LogP) is 5.76. The fourth-order valence-electron chi connectivity index (χ4n) is 2.74. The second kappa shape index (κ2) is 8.91. The summed E-state index contributed by atoms with van der Waals surface area (Å²) in [6.45, 7) is -0.641. The lowest BCUT2D eigenvalue weighted by Crippen LogP contribution is -2.22. The van der Waals surface area contributed by atoms with E-state index in [1.165, 1.54) is 42.5 Å². The average molecular weight is 474 g/mol. The molecule has 0 saturated heterocycles. The topological polar surface area (TPSA) is 84.9 Å². The highest BCUT2D eigenvalue weighted by molar-refractivity contribution is 6.39. The number of rotatable bonds is 6. The van der Waals surface area contributed by atoms with E-state index in [2.05, 4.69) is 10.1 Å². The van der Waals surface area contributed by atoms with Crippen molar-refractivity contribution >= 4 is 51.5 Å². The molecule has 6 nitrogen and oxygen atoms in total. The molecule has 3 aromatic carbocycles. The predicted molar refractivity (Wildman–Crippen MR) is 108 cm³/mol. The number of carbonyl (C=O) groups excluding carboxylic acids is 1. The summed E-state index contributed by atoms with van der Waals surface area (Å²) >= 11 is 12.1. The molecule has 0 atom stereocenters. The molecule has 0 saturated carbocycles. The molecule has 0 radical (unpaired) electrons.